The number of hydrogen-bond acceptors (Lipinski definition) is 6. The summed E-state index contributed by atoms with van der Waals surface area (Å²) in [6.07, 6.45) is 0.736. The molecule has 0 fully saturated rings. The van der Waals surface area contributed by atoms with E-state index in [-0.39, 0.29) is 53.1 Å². The third kappa shape index (κ3) is 6.74. The molecular formula is C25H27ClF2N2O5. The van der Waals surface area contributed by atoms with Gasteiger partial charge in [-0.1, -0.05) is 12.1 Å². The van der Waals surface area contributed by atoms with E-state index in [1.165, 1.54) is 27.4 Å². The number of carbonyl (C=O) groups excluding carboxylic acids is 1. The predicted molar refractivity (Wildman–Crippen MR) is 130 cm³/mol. The molecule has 3 aromatic rings. The highest BCUT2D eigenvalue weighted by Gasteiger charge is 2.26. The Morgan fingerprint density at radius 1 is 0.857 bits per heavy atom. The van der Waals surface area contributed by atoms with Crippen molar-refractivity contribution in [1.82, 2.24) is 5.32 Å². The molecule has 0 aliphatic carbocycles. The molecule has 0 saturated heterocycles. The van der Waals surface area contributed by atoms with Crippen LogP contribution in [0.2, 0.25) is 0 Å². The largest absolute Gasteiger partial charge is 0.492 e. The molecular weight excluding hydrogens is 482 g/mol. The maximum Gasteiger partial charge on any atom is 0.255 e. The molecule has 0 radical (unpaired) electrons. The van der Waals surface area contributed by atoms with Gasteiger partial charge in [-0.3, -0.25) is 4.79 Å². The number of halogens is 3. The van der Waals surface area contributed by atoms with Crippen molar-refractivity contribution in [2.45, 2.75) is 13.0 Å². The summed E-state index contributed by atoms with van der Waals surface area (Å²) in [5.74, 6) is -0.805. The van der Waals surface area contributed by atoms with E-state index in [1.807, 2.05) is 12.1 Å². The van der Waals surface area contributed by atoms with Gasteiger partial charge in [0.15, 0.2) is 11.5 Å². The molecule has 7 nitrogen and oxygen atoms in total. The molecule has 0 heterocycles. The molecule has 1 amide bonds. The van der Waals surface area contributed by atoms with E-state index in [0.717, 1.165) is 30.2 Å². The van der Waals surface area contributed by atoms with Crippen molar-refractivity contribution in [3.05, 3.63) is 76.9 Å². The first-order valence-electron chi connectivity index (χ1n) is 10.4. The van der Waals surface area contributed by atoms with E-state index < -0.39 is 17.5 Å². The summed E-state index contributed by atoms with van der Waals surface area (Å²) in [5.41, 5.74) is 7.00. The zero-order valence-corrected chi connectivity index (χ0v) is 20.3. The first-order chi connectivity index (χ1) is 16.4. The van der Waals surface area contributed by atoms with E-state index in [9.17, 15) is 13.6 Å². The summed E-state index contributed by atoms with van der Waals surface area (Å²) in [4.78, 5) is 13.0. The Kier molecular flexibility index (Phi) is 10.1. The SMILES string of the molecule is COc1c(Oc2ccc(CCN)cc2)cc(C(=O)NCc2cc(F)cc(F)c2)c(OC)c1OC.Cl. The Bertz CT molecular complexity index is 1140. The lowest BCUT2D eigenvalue weighted by molar-refractivity contribution is 0.0946. The van der Waals surface area contributed by atoms with Crippen LogP contribution < -0.4 is 30.0 Å². The van der Waals surface area contributed by atoms with Crippen LogP contribution in [0.5, 0.6) is 28.7 Å². The van der Waals surface area contributed by atoms with Gasteiger partial charge in [-0.2, -0.15) is 0 Å². The lowest BCUT2D eigenvalue weighted by atomic mass is 10.1. The van der Waals surface area contributed by atoms with Crippen LogP contribution in [-0.4, -0.2) is 33.8 Å². The van der Waals surface area contributed by atoms with Crippen molar-refractivity contribution < 1.29 is 32.5 Å². The molecule has 3 N–H and O–H groups in total. The number of ether oxygens (including phenoxy) is 4. The zero-order valence-electron chi connectivity index (χ0n) is 19.5. The van der Waals surface area contributed by atoms with Gasteiger partial charge < -0.3 is 30.0 Å². The minimum atomic E-state index is -0.735. The zero-order chi connectivity index (χ0) is 24.7. The van der Waals surface area contributed by atoms with E-state index >= 15 is 0 Å². The van der Waals surface area contributed by atoms with Gasteiger partial charge in [0.2, 0.25) is 11.5 Å². The number of methoxy groups -OCH3 is 3. The molecule has 10 heteroatoms. The van der Waals surface area contributed by atoms with Crippen molar-refractivity contribution in [1.29, 1.82) is 0 Å². The number of rotatable bonds is 10. The number of carbonyl (C=O) groups is 1. The van der Waals surface area contributed by atoms with E-state index in [2.05, 4.69) is 5.32 Å². The van der Waals surface area contributed by atoms with Gasteiger partial charge in [0.1, 0.15) is 17.4 Å². The Labute approximate surface area is 208 Å². The highest BCUT2D eigenvalue weighted by Crippen LogP contribution is 2.47. The lowest BCUT2D eigenvalue weighted by Crippen LogP contribution is -2.24. The molecule has 3 aromatic carbocycles. The standard InChI is InChI=1S/C25H26F2N2O5.ClH/c1-31-22-20(25(30)29-14-16-10-17(26)12-18(27)11-16)13-21(23(32-2)24(22)33-3)34-19-6-4-15(5-7-19)8-9-28;/h4-7,10-13H,8-9,14,28H2,1-3H3,(H,29,30);1H. The average molecular weight is 509 g/mol. The Balaban J connectivity index is 0.00000432. The van der Waals surface area contributed by atoms with Gasteiger partial charge in [0, 0.05) is 18.7 Å². The number of hydrogen-bond donors (Lipinski definition) is 2. The summed E-state index contributed by atoms with van der Waals surface area (Å²) in [7, 11) is 4.22. The second-order valence-electron chi connectivity index (χ2n) is 7.27. The van der Waals surface area contributed by atoms with Crippen molar-refractivity contribution in [3.8, 4) is 28.7 Å². The fourth-order valence-corrected chi connectivity index (χ4v) is 3.43. The first-order valence-corrected chi connectivity index (χ1v) is 10.4. The van der Waals surface area contributed by atoms with E-state index in [0.29, 0.717) is 12.3 Å². The number of amides is 1. The predicted octanol–water partition coefficient (Wildman–Crippen LogP) is 4.64. The van der Waals surface area contributed by atoms with E-state index in [1.54, 1.807) is 12.1 Å². The van der Waals surface area contributed by atoms with Crippen LogP contribution in [0.3, 0.4) is 0 Å². The van der Waals surface area contributed by atoms with Gasteiger partial charge in [0.25, 0.3) is 5.91 Å². The van der Waals surface area contributed by atoms with Gasteiger partial charge in [-0.25, -0.2) is 8.78 Å². The smallest absolute Gasteiger partial charge is 0.255 e. The Morgan fingerprint density at radius 3 is 2.00 bits per heavy atom. The highest BCUT2D eigenvalue weighted by molar-refractivity contribution is 5.99. The second-order valence-corrected chi connectivity index (χ2v) is 7.27. The molecule has 0 unspecified atom stereocenters. The molecule has 0 aliphatic rings. The van der Waals surface area contributed by atoms with Crippen LogP contribution in [0.1, 0.15) is 21.5 Å². The summed E-state index contributed by atoms with van der Waals surface area (Å²) < 4.78 is 49.3. The van der Waals surface area contributed by atoms with Crippen molar-refractivity contribution in [2.24, 2.45) is 5.73 Å². The molecule has 35 heavy (non-hydrogen) atoms. The van der Waals surface area contributed by atoms with Gasteiger partial charge in [-0.15, -0.1) is 12.4 Å². The molecule has 0 bridgehead atoms. The minimum Gasteiger partial charge on any atom is -0.492 e. The third-order valence-electron chi connectivity index (χ3n) is 4.97. The minimum absolute atomic E-state index is 0. The van der Waals surface area contributed by atoms with Gasteiger partial charge >= 0.3 is 0 Å². The fourth-order valence-electron chi connectivity index (χ4n) is 3.43. The third-order valence-corrected chi connectivity index (χ3v) is 4.97. The molecule has 0 aliphatic heterocycles. The number of nitrogens with one attached hydrogen (secondary N) is 1. The second kappa shape index (κ2) is 12.8. The van der Waals surface area contributed by atoms with Gasteiger partial charge in [0.05, 0.1) is 26.9 Å². The fraction of sp³-hybridized carbons (Fsp3) is 0.240. The lowest BCUT2D eigenvalue weighted by Gasteiger charge is -2.19. The summed E-state index contributed by atoms with van der Waals surface area (Å²) in [5, 5.41) is 2.63. The monoisotopic (exact) mass is 508 g/mol. The molecule has 0 aromatic heterocycles. The van der Waals surface area contributed by atoms with E-state index in [4.69, 9.17) is 24.7 Å². The highest BCUT2D eigenvalue weighted by atomic mass is 35.5. The van der Waals surface area contributed by atoms with Crippen molar-refractivity contribution in [3.63, 3.8) is 0 Å². The summed E-state index contributed by atoms with van der Waals surface area (Å²) in [6, 6.07) is 11.8. The molecule has 0 saturated carbocycles. The molecule has 188 valence electrons. The van der Waals surface area contributed by atoms with Crippen LogP contribution in [0.4, 0.5) is 8.78 Å². The van der Waals surface area contributed by atoms with Crippen LogP contribution >= 0.6 is 12.4 Å². The number of nitrogens with two attached hydrogens (primary N) is 1. The first kappa shape index (κ1) is 27.7. The van der Waals surface area contributed by atoms with Crippen LogP contribution in [0, 0.1) is 11.6 Å². The Hall–Kier alpha value is -3.56. The molecule has 3 rings (SSSR count). The van der Waals surface area contributed by atoms with Crippen molar-refractivity contribution in [2.75, 3.05) is 27.9 Å². The normalized spacial score (nSPS) is 10.2. The quantitative estimate of drug-likeness (QED) is 0.414. The van der Waals surface area contributed by atoms with Crippen LogP contribution in [-0.2, 0) is 13.0 Å². The summed E-state index contributed by atoms with van der Waals surface area (Å²) in [6.45, 7) is 0.425. The molecule has 0 spiro atoms. The average Bonchev–Trinajstić information content (AvgIpc) is 2.82. The topological polar surface area (TPSA) is 92.0 Å². The van der Waals surface area contributed by atoms with Crippen LogP contribution in [0.25, 0.3) is 0 Å². The Morgan fingerprint density at radius 2 is 1.46 bits per heavy atom. The number of benzene rings is 3. The van der Waals surface area contributed by atoms with Crippen molar-refractivity contribution >= 4 is 18.3 Å². The summed E-state index contributed by atoms with van der Waals surface area (Å²) >= 11 is 0. The maximum atomic E-state index is 13.5. The van der Waals surface area contributed by atoms with Gasteiger partial charge in [-0.05, 0) is 48.4 Å². The molecule has 0 atom stereocenters. The maximum absolute atomic E-state index is 13.5. The van der Waals surface area contributed by atoms with Crippen LogP contribution in [0.15, 0.2) is 48.5 Å².